The average molecular weight is 480 g/mol. The molecule has 1 aromatic carbocycles. The number of alkyl halides is 3. The monoisotopic (exact) mass is 479 g/mol. The van der Waals surface area contributed by atoms with E-state index in [1.165, 1.54) is 17.7 Å². The third-order valence-corrected chi connectivity index (χ3v) is 7.05. The normalized spacial score (nSPS) is 20.5. The van der Waals surface area contributed by atoms with Gasteiger partial charge in [0.25, 0.3) is 5.91 Å². The van der Waals surface area contributed by atoms with Crippen LogP contribution in [0.3, 0.4) is 0 Å². The van der Waals surface area contributed by atoms with Gasteiger partial charge in [0.1, 0.15) is 5.69 Å². The Hall–Kier alpha value is -2.68. The van der Waals surface area contributed by atoms with Crippen LogP contribution in [0, 0.1) is 0 Å². The number of ether oxygens (including phenoxy) is 2. The smallest absolute Gasteiger partial charge is 0.431 e. The van der Waals surface area contributed by atoms with Gasteiger partial charge in [-0.1, -0.05) is 0 Å². The van der Waals surface area contributed by atoms with Crippen molar-refractivity contribution in [3.8, 4) is 11.5 Å². The number of piperidine rings is 1. The van der Waals surface area contributed by atoms with Crippen molar-refractivity contribution < 1.29 is 27.4 Å². The van der Waals surface area contributed by atoms with Gasteiger partial charge in [-0.2, -0.15) is 13.2 Å². The van der Waals surface area contributed by atoms with Crippen LogP contribution in [0.5, 0.6) is 11.5 Å². The van der Waals surface area contributed by atoms with Crippen LogP contribution in [0.1, 0.15) is 61.4 Å². The molecular formula is C25H32F3N3O3. The Labute approximate surface area is 198 Å². The Morgan fingerprint density at radius 3 is 2.38 bits per heavy atom. The zero-order valence-corrected chi connectivity index (χ0v) is 20.3. The quantitative estimate of drug-likeness (QED) is 0.623. The number of amides is 1. The van der Waals surface area contributed by atoms with E-state index in [9.17, 15) is 18.0 Å². The van der Waals surface area contributed by atoms with Crippen LogP contribution in [0.15, 0.2) is 30.3 Å². The fourth-order valence-electron chi connectivity index (χ4n) is 5.43. The van der Waals surface area contributed by atoms with Crippen molar-refractivity contribution in [2.24, 2.45) is 0 Å². The molecule has 0 N–H and O–H groups in total. The molecule has 1 fully saturated rings. The van der Waals surface area contributed by atoms with Gasteiger partial charge >= 0.3 is 6.18 Å². The minimum absolute atomic E-state index is 0.0271. The van der Waals surface area contributed by atoms with Crippen molar-refractivity contribution >= 4 is 5.91 Å². The molecule has 0 bridgehead atoms. The highest BCUT2D eigenvalue weighted by molar-refractivity contribution is 5.95. The number of carbonyl (C=O) groups is 1. The van der Waals surface area contributed by atoms with Crippen molar-refractivity contribution in [3.63, 3.8) is 0 Å². The number of halogens is 3. The van der Waals surface area contributed by atoms with E-state index in [1.54, 1.807) is 29.2 Å². The Balaban J connectivity index is 1.56. The molecule has 34 heavy (non-hydrogen) atoms. The van der Waals surface area contributed by atoms with Gasteiger partial charge in [0.05, 0.1) is 18.8 Å². The molecule has 1 spiro atoms. The minimum atomic E-state index is -4.40. The highest BCUT2D eigenvalue weighted by Gasteiger charge is 2.49. The first-order chi connectivity index (χ1) is 16.0. The Morgan fingerprint density at radius 1 is 1.12 bits per heavy atom. The van der Waals surface area contributed by atoms with Gasteiger partial charge in [-0.15, -0.1) is 0 Å². The molecule has 1 atom stereocenters. The first-order valence-electron chi connectivity index (χ1n) is 11.6. The molecule has 1 saturated heterocycles. The summed E-state index contributed by atoms with van der Waals surface area (Å²) in [7, 11) is 3.50. The summed E-state index contributed by atoms with van der Waals surface area (Å²) in [6.07, 6.45) is -3.30. The van der Waals surface area contributed by atoms with Gasteiger partial charge in [-0.3, -0.25) is 9.69 Å². The molecule has 6 nitrogen and oxygen atoms in total. The van der Waals surface area contributed by atoms with Crippen LogP contribution in [0.2, 0.25) is 0 Å². The maximum absolute atomic E-state index is 13.6. The lowest BCUT2D eigenvalue weighted by Crippen LogP contribution is -2.57. The van der Waals surface area contributed by atoms with Gasteiger partial charge in [0.15, 0.2) is 11.5 Å². The zero-order valence-electron chi connectivity index (χ0n) is 20.3. The summed E-state index contributed by atoms with van der Waals surface area (Å²) in [6, 6.07) is 7.67. The molecule has 2 aliphatic rings. The number of methoxy groups -OCH3 is 1. The lowest BCUT2D eigenvalue weighted by Gasteiger charge is -2.52. The van der Waals surface area contributed by atoms with E-state index in [1.807, 2.05) is 27.8 Å². The number of benzene rings is 1. The summed E-state index contributed by atoms with van der Waals surface area (Å²) in [6.45, 7) is 7.08. The minimum Gasteiger partial charge on any atom is -0.493 e. The van der Waals surface area contributed by atoms with Gasteiger partial charge < -0.3 is 18.9 Å². The molecule has 4 rings (SSSR count). The van der Waals surface area contributed by atoms with Gasteiger partial charge in [0.2, 0.25) is 0 Å². The fraction of sp³-hybridized carbons (Fsp3) is 0.560. The molecule has 1 aromatic heterocycles. The second kappa shape index (κ2) is 8.83. The third kappa shape index (κ3) is 4.15. The first-order valence-corrected chi connectivity index (χ1v) is 11.6. The molecule has 2 aromatic rings. The molecule has 0 saturated carbocycles. The molecule has 3 heterocycles. The summed E-state index contributed by atoms with van der Waals surface area (Å²) in [4.78, 5) is 17.2. The van der Waals surface area contributed by atoms with Gasteiger partial charge in [-0.05, 0) is 71.0 Å². The Bertz CT molecular complexity index is 1060. The molecule has 0 aliphatic carbocycles. The number of likely N-dealkylation sites (tertiary alicyclic amines) is 1. The zero-order chi connectivity index (χ0) is 24.8. The number of aromatic nitrogens is 1. The fourth-order valence-corrected chi connectivity index (χ4v) is 5.43. The highest BCUT2D eigenvalue weighted by Crippen LogP contribution is 2.46. The van der Waals surface area contributed by atoms with Crippen LogP contribution in [-0.4, -0.2) is 60.2 Å². The molecule has 1 amide bonds. The third-order valence-electron chi connectivity index (χ3n) is 7.05. The van der Waals surface area contributed by atoms with Crippen LogP contribution in [0.4, 0.5) is 13.2 Å². The molecule has 1 unspecified atom stereocenters. The summed E-state index contributed by atoms with van der Waals surface area (Å²) in [5.74, 6) is 0.944. The number of nitrogens with zero attached hydrogens (tertiary/aromatic N) is 3. The molecule has 9 heteroatoms. The summed E-state index contributed by atoms with van der Waals surface area (Å²) >= 11 is 0. The van der Waals surface area contributed by atoms with E-state index in [0.29, 0.717) is 55.2 Å². The van der Waals surface area contributed by atoms with Crippen molar-refractivity contribution in [2.75, 3.05) is 33.8 Å². The second-order valence-corrected chi connectivity index (χ2v) is 9.56. The first kappa shape index (κ1) is 24.4. The van der Waals surface area contributed by atoms with Gasteiger partial charge in [0, 0.05) is 36.9 Å². The van der Waals surface area contributed by atoms with Crippen molar-refractivity contribution in [1.29, 1.82) is 0 Å². The van der Waals surface area contributed by atoms with Crippen LogP contribution in [-0.2, 0) is 11.7 Å². The standard InChI is InChI=1S/C25H32F3N3O3/c1-16(2)34-19-7-6-18(14-20(19)33-5)23(32)30-12-10-24(11-13-30)21-8-9-22(25(26,27)28)31(21)17(3)15-29(24)4/h6-9,14,16-17H,10-13,15H2,1-5H3. The Morgan fingerprint density at radius 2 is 1.79 bits per heavy atom. The topological polar surface area (TPSA) is 46.9 Å². The lowest BCUT2D eigenvalue weighted by atomic mass is 9.80. The van der Waals surface area contributed by atoms with Crippen molar-refractivity contribution in [2.45, 2.75) is 57.5 Å². The van der Waals surface area contributed by atoms with Crippen LogP contribution in [0.25, 0.3) is 0 Å². The van der Waals surface area contributed by atoms with E-state index in [0.717, 1.165) is 0 Å². The number of carbonyl (C=O) groups excluding carboxylic acids is 1. The second-order valence-electron chi connectivity index (χ2n) is 9.56. The summed E-state index contributed by atoms with van der Waals surface area (Å²) < 4.78 is 53.5. The molecule has 186 valence electrons. The highest BCUT2D eigenvalue weighted by atomic mass is 19.4. The predicted molar refractivity (Wildman–Crippen MR) is 122 cm³/mol. The SMILES string of the molecule is COc1cc(C(=O)N2CCC3(CC2)c2ccc(C(F)(F)F)n2C(C)CN3C)ccc1OC(C)C. The molecule has 0 radical (unpaired) electrons. The van der Waals surface area contributed by atoms with Crippen LogP contribution >= 0.6 is 0 Å². The Kier molecular flexibility index (Phi) is 6.35. The number of hydrogen-bond donors (Lipinski definition) is 0. The molecular weight excluding hydrogens is 447 g/mol. The number of rotatable bonds is 4. The van der Waals surface area contributed by atoms with E-state index in [4.69, 9.17) is 9.47 Å². The number of fused-ring (bicyclic) bond motifs is 2. The van der Waals surface area contributed by atoms with E-state index in [-0.39, 0.29) is 18.1 Å². The van der Waals surface area contributed by atoms with E-state index < -0.39 is 17.4 Å². The molecule has 2 aliphatic heterocycles. The number of likely N-dealkylation sites (N-methyl/N-ethyl adjacent to an activating group) is 1. The van der Waals surface area contributed by atoms with Crippen molar-refractivity contribution in [1.82, 2.24) is 14.4 Å². The van der Waals surface area contributed by atoms with Crippen molar-refractivity contribution in [3.05, 3.63) is 47.3 Å². The van der Waals surface area contributed by atoms with E-state index in [2.05, 4.69) is 4.90 Å². The maximum atomic E-state index is 13.6. The van der Waals surface area contributed by atoms with Crippen LogP contribution < -0.4 is 9.47 Å². The lowest BCUT2D eigenvalue weighted by molar-refractivity contribution is -0.145. The summed E-state index contributed by atoms with van der Waals surface area (Å²) in [5.41, 5.74) is 0.0541. The maximum Gasteiger partial charge on any atom is 0.431 e. The van der Waals surface area contributed by atoms with E-state index >= 15 is 0 Å². The summed E-state index contributed by atoms with van der Waals surface area (Å²) in [5, 5.41) is 0. The largest absolute Gasteiger partial charge is 0.493 e. The number of hydrogen-bond acceptors (Lipinski definition) is 4. The van der Waals surface area contributed by atoms with Gasteiger partial charge in [-0.25, -0.2) is 0 Å². The average Bonchev–Trinajstić information content (AvgIpc) is 3.25. The predicted octanol–water partition coefficient (Wildman–Crippen LogP) is 4.94.